The number of nitrogens with two attached hydrogens (primary N) is 2. The maximum atomic E-state index is 11.3. The van der Waals surface area contributed by atoms with E-state index in [1.165, 1.54) is 6.42 Å². The third kappa shape index (κ3) is 2.68. The van der Waals surface area contributed by atoms with Gasteiger partial charge in [-0.15, -0.1) is 0 Å². The fourth-order valence-corrected chi connectivity index (χ4v) is 4.04. The molecule has 1 aliphatic carbocycles. The molecule has 0 radical (unpaired) electrons. The Balaban J connectivity index is 1.75. The minimum absolute atomic E-state index is 0.167. The van der Waals surface area contributed by atoms with Crippen LogP contribution in [0, 0.1) is 11.8 Å². The molecule has 1 aromatic carbocycles. The van der Waals surface area contributed by atoms with Gasteiger partial charge in [0.2, 0.25) is 10.0 Å². The van der Waals surface area contributed by atoms with E-state index >= 15 is 0 Å². The summed E-state index contributed by atoms with van der Waals surface area (Å²) in [6.07, 6.45) is 3.44. The Morgan fingerprint density at radius 3 is 2.35 bits per heavy atom. The molecule has 1 saturated carbocycles. The summed E-state index contributed by atoms with van der Waals surface area (Å²) in [6, 6.07) is 7.20. The van der Waals surface area contributed by atoms with Crippen LogP contribution in [0.2, 0.25) is 0 Å². The van der Waals surface area contributed by atoms with Gasteiger partial charge in [-0.05, 0) is 55.4 Å². The third-order valence-corrected chi connectivity index (χ3v) is 5.55. The van der Waals surface area contributed by atoms with Gasteiger partial charge in [0.05, 0.1) is 4.90 Å². The van der Waals surface area contributed by atoms with Gasteiger partial charge < -0.3 is 10.6 Å². The first-order valence-corrected chi connectivity index (χ1v) is 8.61. The monoisotopic (exact) mass is 295 g/mol. The zero-order chi connectivity index (χ0) is 14.3. The zero-order valence-electron chi connectivity index (χ0n) is 11.4. The molecule has 5 nitrogen and oxygen atoms in total. The van der Waals surface area contributed by atoms with E-state index in [1.807, 2.05) is 12.1 Å². The lowest BCUT2D eigenvalue weighted by Gasteiger charge is -2.27. The molecule has 110 valence electrons. The van der Waals surface area contributed by atoms with Gasteiger partial charge >= 0.3 is 0 Å². The molecule has 1 unspecified atom stereocenters. The number of hydrogen-bond acceptors (Lipinski definition) is 4. The highest BCUT2D eigenvalue weighted by Crippen LogP contribution is 2.37. The number of anilines is 1. The van der Waals surface area contributed by atoms with Crippen molar-refractivity contribution in [2.75, 3.05) is 18.0 Å². The Hall–Kier alpha value is -1.11. The van der Waals surface area contributed by atoms with E-state index in [1.54, 1.807) is 12.1 Å². The van der Waals surface area contributed by atoms with Gasteiger partial charge in [-0.25, -0.2) is 13.6 Å². The normalized spacial score (nSPS) is 30.3. The second-order valence-electron chi connectivity index (χ2n) is 6.04. The summed E-state index contributed by atoms with van der Waals surface area (Å²) >= 11 is 0. The van der Waals surface area contributed by atoms with Crippen LogP contribution in [-0.4, -0.2) is 27.5 Å². The fraction of sp³-hybridized carbons (Fsp3) is 0.571. The van der Waals surface area contributed by atoms with Gasteiger partial charge in [0.1, 0.15) is 0 Å². The Kier molecular flexibility index (Phi) is 3.48. The van der Waals surface area contributed by atoms with Crippen LogP contribution < -0.4 is 15.8 Å². The fourth-order valence-electron chi connectivity index (χ4n) is 3.53. The maximum Gasteiger partial charge on any atom is 0.238 e. The van der Waals surface area contributed by atoms with Crippen molar-refractivity contribution < 1.29 is 8.42 Å². The van der Waals surface area contributed by atoms with Crippen molar-refractivity contribution in [1.29, 1.82) is 0 Å². The van der Waals surface area contributed by atoms with Crippen molar-refractivity contribution in [3.05, 3.63) is 24.3 Å². The maximum absolute atomic E-state index is 11.3. The highest BCUT2D eigenvalue weighted by Gasteiger charge is 2.36. The first-order valence-electron chi connectivity index (χ1n) is 7.07. The van der Waals surface area contributed by atoms with Crippen LogP contribution in [0.1, 0.15) is 19.3 Å². The lowest BCUT2D eigenvalue weighted by molar-refractivity contribution is 0.271. The highest BCUT2D eigenvalue weighted by atomic mass is 32.2. The first-order chi connectivity index (χ1) is 9.43. The molecule has 1 aliphatic heterocycles. The van der Waals surface area contributed by atoms with Crippen LogP contribution >= 0.6 is 0 Å². The average molecular weight is 295 g/mol. The van der Waals surface area contributed by atoms with E-state index in [0.29, 0.717) is 12.0 Å². The summed E-state index contributed by atoms with van der Waals surface area (Å²) in [5, 5.41) is 5.12. The van der Waals surface area contributed by atoms with E-state index in [4.69, 9.17) is 10.9 Å². The number of fused-ring (bicyclic) bond motifs is 1. The van der Waals surface area contributed by atoms with Gasteiger partial charge in [-0.1, -0.05) is 0 Å². The van der Waals surface area contributed by atoms with E-state index in [9.17, 15) is 8.42 Å². The molecule has 0 aromatic heterocycles. The summed E-state index contributed by atoms with van der Waals surface area (Å²) in [5.41, 5.74) is 7.11. The van der Waals surface area contributed by atoms with Gasteiger partial charge in [0.25, 0.3) is 0 Å². The van der Waals surface area contributed by atoms with Gasteiger partial charge in [0.15, 0.2) is 0 Å². The molecular formula is C14H21N3O2S. The zero-order valence-corrected chi connectivity index (χ0v) is 12.2. The van der Waals surface area contributed by atoms with E-state index in [0.717, 1.165) is 37.5 Å². The van der Waals surface area contributed by atoms with E-state index < -0.39 is 10.0 Å². The van der Waals surface area contributed by atoms with Gasteiger partial charge in [-0.2, -0.15) is 0 Å². The molecule has 1 heterocycles. The summed E-state index contributed by atoms with van der Waals surface area (Å²) < 4.78 is 22.5. The first kappa shape index (κ1) is 13.9. The Morgan fingerprint density at radius 1 is 1.05 bits per heavy atom. The van der Waals surface area contributed by atoms with Crippen LogP contribution in [0.4, 0.5) is 5.69 Å². The second kappa shape index (κ2) is 5.02. The van der Waals surface area contributed by atoms with Crippen LogP contribution in [-0.2, 0) is 10.0 Å². The number of benzene rings is 1. The number of primary sulfonamides is 1. The van der Waals surface area contributed by atoms with Crippen molar-refractivity contribution in [1.82, 2.24) is 0 Å². The molecule has 3 rings (SSSR count). The molecule has 20 heavy (non-hydrogen) atoms. The molecule has 4 N–H and O–H groups in total. The summed E-state index contributed by atoms with van der Waals surface area (Å²) in [4.78, 5) is 2.50. The van der Waals surface area contributed by atoms with Gasteiger partial charge in [0, 0.05) is 24.8 Å². The molecule has 1 saturated heterocycles. The quantitative estimate of drug-likeness (QED) is 0.848. The molecule has 0 bridgehead atoms. The topological polar surface area (TPSA) is 89.4 Å². The molecule has 2 aliphatic rings. The number of nitrogens with zero attached hydrogens (tertiary/aromatic N) is 1. The Bertz CT molecular complexity index is 585. The Labute approximate surface area is 120 Å². The van der Waals surface area contributed by atoms with Crippen molar-refractivity contribution in [3.8, 4) is 0 Å². The summed E-state index contributed by atoms with van der Waals surface area (Å²) in [5.74, 6) is 1.41. The Morgan fingerprint density at radius 2 is 1.70 bits per heavy atom. The van der Waals surface area contributed by atoms with Crippen LogP contribution in [0.15, 0.2) is 29.2 Å². The standard InChI is InChI=1S/C14H21N3O2S/c15-12-2-1-10-8-17(9-11(10)7-12)13-3-5-14(6-4-13)20(16,18)19/h3-6,10-12H,1-2,7-9,15H2,(H2,16,18,19)/t10-,11+,12?/m1/s1. The lowest BCUT2D eigenvalue weighted by atomic mass is 9.79. The minimum Gasteiger partial charge on any atom is -0.371 e. The van der Waals surface area contributed by atoms with E-state index in [-0.39, 0.29) is 4.90 Å². The molecular weight excluding hydrogens is 274 g/mol. The van der Waals surface area contributed by atoms with Crippen LogP contribution in [0.5, 0.6) is 0 Å². The second-order valence-corrected chi connectivity index (χ2v) is 7.60. The van der Waals surface area contributed by atoms with Crippen molar-refractivity contribution in [3.63, 3.8) is 0 Å². The SMILES string of the molecule is NC1CC[C@@H]2CN(c3ccc(S(N)(=O)=O)cc3)C[C@@H]2C1. The largest absolute Gasteiger partial charge is 0.371 e. The predicted octanol–water partition coefficient (Wildman–Crippen LogP) is 0.898. The number of rotatable bonds is 2. The predicted molar refractivity (Wildman–Crippen MR) is 78.8 cm³/mol. The summed E-state index contributed by atoms with van der Waals surface area (Å²) in [6.45, 7) is 2.07. The molecule has 2 fully saturated rings. The highest BCUT2D eigenvalue weighted by molar-refractivity contribution is 7.89. The van der Waals surface area contributed by atoms with Crippen molar-refractivity contribution in [2.24, 2.45) is 22.7 Å². The van der Waals surface area contributed by atoms with Crippen molar-refractivity contribution in [2.45, 2.75) is 30.2 Å². The number of hydrogen-bond donors (Lipinski definition) is 2. The van der Waals surface area contributed by atoms with Crippen molar-refractivity contribution >= 4 is 15.7 Å². The molecule has 0 spiro atoms. The molecule has 3 atom stereocenters. The van der Waals surface area contributed by atoms with Crippen LogP contribution in [0.3, 0.4) is 0 Å². The molecule has 6 heteroatoms. The smallest absolute Gasteiger partial charge is 0.238 e. The van der Waals surface area contributed by atoms with Gasteiger partial charge in [-0.3, -0.25) is 0 Å². The minimum atomic E-state index is -3.61. The van der Waals surface area contributed by atoms with E-state index in [2.05, 4.69) is 4.90 Å². The lowest BCUT2D eigenvalue weighted by Crippen LogP contribution is -2.32. The third-order valence-electron chi connectivity index (χ3n) is 4.62. The van der Waals surface area contributed by atoms with Crippen LogP contribution in [0.25, 0.3) is 0 Å². The average Bonchev–Trinajstić information content (AvgIpc) is 2.80. The molecule has 1 aromatic rings. The molecule has 0 amide bonds. The number of sulfonamides is 1. The summed E-state index contributed by atoms with van der Waals surface area (Å²) in [7, 11) is -3.61.